The molecule has 0 spiro atoms. The third kappa shape index (κ3) is 3.47. The van der Waals surface area contributed by atoms with Crippen LogP contribution in [0.25, 0.3) is 0 Å². The largest absolute Gasteiger partial charge is 0.396 e. The van der Waals surface area contributed by atoms with Gasteiger partial charge in [-0.2, -0.15) is 0 Å². The zero-order valence-electron chi connectivity index (χ0n) is 11.8. The van der Waals surface area contributed by atoms with Gasteiger partial charge in [-0.25, -0.2) is 0 Å². The Bertz CT molecular complexity index is 301. The van der Waals surface area contributed by atoms with Crippen LogP contribution in [-0.4, -0.2) is 35.6 Å². The number of carbonyl (C=O) groups is 1. The van der Waals surface area contributed by atoms with E-state index < -0.39 is 0 Å². The fraction of sp³-hybridized carbons (Fsp3) is 0.933. The third-order valence-electron chi connectivity index (χ3n) is 4.67. The van der Waals surface area contributed by atoms with Crippen molar-refractivity contribution in [3.63, 3.8) is 0 Å². The molecule has 104 valence electrons. The maximum atomic E-state index is 12.2. The van der Waals surface area contributed by atoms with Crippen molar-refractivity contribution in [2.75, 3.05) is 19.7 Å². The first-order valence-electron chi connectivity index (χ1n) is 7.39. The van der Waals surface area contributed by atoms with Gasteiger partial charge in [-0.1, -0.05) is 20.3 Å². The molecule has 0 radical (unpaired) electrons. The lowest BCUT2D eigenvalue weighted by Gasteiger charge is -2.35. The SMILES string of the molecule is CC1(C)CCCC(CC(=O)N2CCC(CO)C2)C1. The van der Waals surface area contributed by atoms with Gasteiger partial charge >= 0.3 is 0 Å². The zero-order valence-corrected chi connectivity index (χ0v) is 11.8. The molecule has 0 bridgehead atoms. The van der Waals surface area contributed by atoms with Crippen molar-refractivity contribution in [2.24, 2.45) is 17.3 Å². The molecule has 1 heterocycles. The first-order chi connectivity index (χ1) is 8.50. The molecule has 2 rings (SSSR count). The van der Waals surface area contributed by atoms with Crippen LogP contribution in [0.15, 0.2) is 0 Å². The molecule has 2 unspecified atom stereocenters. The van der Waals surface area contributed by atoms with E-state index in [1.165, 1.54) is 25.7 Å². The molecule has 1 aliphatic heterocycles. The number of aliphatic hydroxyl groups is 1. The van der Waals surface area contributed by atoms with Crippen LogP contribution >= 0.6 is 0 Å². The van der Waals surface area contributed by atoms with Crippen LogP contribution in [0.3, 0.4) is 0 Å². The molecule has 2 fully saturated rings. The van der Waals surface area contributed by atoms with Crippen LogP contribution in [0, 0.1) is 17.3 Å². The van der Waals surface area contributed by atoms with Gasteiger partial charge in [0.1, 0.15) is 0 Å². The summed E-state index contributed by atoms with van der Waals surface area (Å²) in [4.78, 5) is 14.2. The number of likely N-dealkylation sites (tertiary alicyclic amines) is 1. The van der Waals surface area contributed by atoms with Crippen LogP contribution in [0.4, 0.5) is 0 Å². The van der Waals surface area contributed by atoms with E-state index in [-0.39, 0.29) is 6.61 Å². The quantitative estimate of drug-likeness (QED) is 0.839. The Labute approximate surface area is 111 Å². The van der Waals surface area contributed by atoms with Crippen molar-refractivity contribution in [1.82, 2.24) is 4.90 Å². The molecule has 0 aromatic carbocycles. The number of aliphatic hydroxyl groups excluding tert-OH is 1. The Morgan fingerprint density at radius 2 is 2.11 bits per heavy atom. The molecule has 1 saturated heterocycles. The lowest BCUT2D eigenvalue weighted by atomic mass is 9.71. The number of hydrogen-bond acceptors (Lipinski definition) is 2. The first kappa shape index (κ1) is 13.9. The average molecular weight is 253 g/mol. The summed E-state index contributed by atoms with van der Waals surface area (Å²) in [6, 6.07) is 0. The second kappa shape index (κ2) is 5.60. The summed E-state index contributed by atoms with van der Waals surface area (Å²) in [5.41, 5.74) is 0.418. The predicted molar refractivity (Wildman–Crippen MR) is 72.1 cm³/mol. The lowest BCUT2D eigenvalue weighted by Crippen LogP contribution is -2.32. The van der Waals surface area contributed by atoms with Gasteiger partial charge in [0.25, 0.3) is 0 Å². The van der Waals surface area contributed by atoms with Gasteiger partial charge in [0.05, 0.1) is 0 Å². The van der Waals surface area contributed by atoms with Gasteiger partial charge in [-0.3, -0.25) is 4.79 Å². The molecule has 2 aliphatic rings. The van der Waals surface area contributed by atoms with Gasteiger partial charge in [-0.05, 0) is 37.0 Å². The zero-order chi connectivity index (χ0) is 13.2. The lowest BCUT2D eigenvalue weighted by molar-refractivity contribution is -0.131. The highest BCUT2D eigenvalue weighted by Gasteiger charge is 2.32. The van der Waals surface area contributed by atoms with Gasteiger partial charge in [0, 0.05) is 32.0 Å². The number of carbonyl (C=O) groups excluding carboxylic acids is 1. The molecular weight excluding hydrogens is 226 g/mol. The summed E-state index contributed by atoms with van der Waals surface area (Å²) in [6.07, 6.45) is 6.67. The maximum absolute atomic E-state index is 12.2. The summed E-state index contributed by atoms with van der Waals surface area (Å²) < 4.78 is 0. The second-order valence-corrected chi connectivity index (χ2v) is 7.01. The molecule has 1 N–H and O–H groups in total. The predicted octanol–water partition coefficient (Wildman–Crippen LogP) is 2.43. The minimum atomic E-state index is 0.222. The Morgan fingerprint density at radius 3 is 2.72 bits per heavy atom. The molecular formula is C15H27NO2. The molecule has 1 saturated carbocycles. The molecule has 2 atom stereocenters. The molecule has 0 aromatic heterocycles. The van der Waals surface area contributed by atoms with Crippen molar-refractivity contribution >= 4 is 5.91 Å². The minimum Gasteiger partial charge on any atom is -0.396 e. The second-order valence-electron chi connectivity index (χ2n) is 7.01. The van der Waals surface area contributed by atoms with Crippen LogP contribution in [0.2, 0.25) is 0 Å². The molecule has 1 amide bonds. The van der Waals surface area contributed by atoms with Crippen LogP contribution in [-0.2, 0) is 4.79 Å². The standard InChI is InChI=1S/C15H27NO2/c1-15(2)6-3-4-12(9-15)8-14(18)16-7-5-13(10-16)11-17/h12-13,17H,3-11H2,1-2H3. The number of nitrogens with zero attached hydrogens (tertiary/aromatic N) is 1. The smallest absolute Gasteiger partial charge is 0.222 e. The average Bonchev–Trinajstić information content (AvgIpc) is 2.76. The summed E-state index contributed by atoms with van der Waals surface area (Å²) in [5.74, 6) is 1.21. The van der Waals surface area contributed by atoms with Gasteiger partial charge in [-0.15, -0.1) is 0 Å². The Morgan fingerprint density at radius 1 is 1.33 bits per heavy atom. The van der Waals surface area contributed by atoms with Crippen molar-refractivity contribution in [3.8, 4) is 0 Å². The highest BCUT2D eigenvalue weighted by molar-refractivity contribution is 5.76. The van der Waals surface area contributed by atoms with E-state index >= 15 is 0 Å². The molecule has 3 nitrogen and oxygen atoms in total. The normalized spacial score (nSPS) is 31.6. The van der Waals surface area contributed by atoms with Gasteiger partial charge in [0.2, 0.25) is 5.91 Å². The molecule has 0 aromatic rings. The minimum absolute atomic E-state index is 0.222. The molecule has 1 aliphatic carbocycles. The van der Waals surface area contributed by atoms with Gasteiger partial charge in [0.15, 0.2) is 0 Å². The van der Waals surface area contributed by atoms with Crippen LogP contribution in [0.1, 0.15) is 52.4 Å². The van der Waals surface area contributed by atoms with Crippen molar-refractivity contribution < 1.29 is 9.90 Å². The number of rotatable bonds is 3. The maximum Gasteiger partial charge on any atom is 0.222 e. The van der Waals surface area contributed by atoms with E-state index in [1.807, 2.05) is 4.90 Å². The summed E-state index contributed by atoms with van der Waals surface area (Å²) in [7, 11) is 0. The first-order valence-corrected chi connectivity index (χ1v) is 7.39. The fourth-order valence-electron chi connectivity index (χ4n) is 3.61. The molecule has 18 heavy (non-hydrogen) atoms. The van der Waals surface area contributed by atoms with Gasteiger partial charge < -0.3 is 10.0 Å². The van der Waals surface area contributed by atoms with E-state index in [1.54, 1.807) is 0 Å². The fourth-order valence-corrected chi connectivity index (χ4v) is 3.61. The van der Waals surface area contributed by atoms with Crippen LogP contribution < -0.4 is 0 Å². The van der Waals surface area contributed by atoms with E-state index in [2.05, 4.69) is 13.8 Å². The Balaban J connectivity index is 1.81. The summed E-state index contributed by atoms with van der Waals surface area (Å²) in [6.45, 7) is 6.48. The molecule has 3 heteroatoms. The monoisotopic (exact) mass is 253 g/mol. The van der Waals surface area contributed by atoms with Crippen molar-refractivity contribution in [3.05, 3.63) is 0 Å². The highest BCUT2D eigenvalue weighted by atomic mass is 16.3. The topological polar surface area (TPSA) is 40.5 Å². The van der Waals surface area contributed by atoms with Crippen molar-refractivity contribution in [1.29, 1.82) is 0 Å². The highest BCUT2D eigenvalue weighted by Crippen LogP contribution is 2.40. The summed E-state index contributed by atoms with van der Waals surface area (Å²) in [5, 5.41) is 9.12. The third-order valence-corrected chi connectivity index (χ3v) is 4.67. The van der Waals surface area contributed by atoms with E-state index in [0.717, 1.165) is 25.9 Å². The Hall–Kier alpha value is -0.570. The number of hydrogen-bond donors (Lipinski definition) is 1. The van der Waals surface area contributed by atoms with Crippen molar-refractivity contribution in [2.45, 2.75) is 52.4 Å². The van der Waals surface area contributed by atoms with E-state index in [4.69, 9.17) is 5.11 Å². The van der Waals surface area contributed by atoms with E-state index in [0.29, 0.717) is 23.2 Å². The number of amides is 1. The summed E-state index contributed by atoms with van der Waals surface area (Å²) >= 11 is 0. The van der Waals surface area contributed by atoms with Crippen LogP contribution in [0.5, 0.6) is 0 Å². The Kier molecular flexibility index (Phi) is 4.31. The van der Waals surface area contributed by atoms with E-state index in [9.17, 15) is 4.79 Å².